The van der Waals surface area contributed by atoms with E-state index in [0.717, 1.165) is 36.9 Å². The Morgan fingerprint density at radius 2 is 2.11 bits per heavy atom. The summed E-state index contributed by atoms with van der Waals surface area (Å²) in [5.74, 6) is -1.40. The van der Waals surface area contributed by atoms with Gasteiger partial charge in [-0.05, 0) is 37.0 Å². The number of unbranched alkanes of at least 4 members (excludes halogenated alkanes) is 1. The fourth-order valence-corrected chi connectivity index (χ4v) is 2.66. The number of aryl methyl sites for hydroxylation is 1. The van der Waals surface area contributed by atoms with Crippen LogP contribution in [0.3, 0.4) is 0 Å². The molecular weight excluding hydrogens is 242 g/mol. The van der Waals surface area contributed by atoms with Gasteiger partial charge in [-0.15, -0.1) is 0 Å². The highest BCUT2D eigenvalue weighted by Crippen LogP contribution is 2.42. The molecule has 1 fully saturated rings. The normalized spacial score (nSPS) is 20.4. The Kier molecular flexibility index (Phi) is 3.29. The first-order valence-corrected chi connectivity index (χ1v) is 6.99. The molecule has 1 aromatic carbocycles. The minimum atomic E-state index is -1.20. The summed E-state index contributed by atoms with van der Waals surface area (Å²) in [5.41, 5.74) is 2.88. The number of carbonyl (C=O) groups excluding carboxylic acids is 1. The van der Waals surface area contributed by atoms with E-state index in [4.69, 9.17) is 9.47 Å². The molecule has 0 unspecified atom stereocenters. The number of ether oxygens (including phenoxy) is 2. The van der Waals surface area contributed by atoms with Gasteiger partial charge in [-0.25, -0.2) is 0 Å². The van der Waals surface area contributed by atoms with Crippen molar-refractivity contribution in [1.82, 2.24) is 0 Å². The van der Waals surface area contributed by atoms with Crippen LogP contribution in [0.2, 0.25) is 0 Å². The van der Waals surface area contributed by atoms with Gasteiger partial charge in [0.25, 0.3) is 11.7 Å². The van der Waals surface area contributed by atoms with E-state index in [1.165, 1.54) is 5.56 Å². The van der Waals surface area contributed by atoms with Gasteiger partial charge in [0.2, 0.25) is 0 Å². The summed E-state index contributed by atoms with van der Waals surface area (Å²) in [5, 5.41) is 2.85. The maximum atomic E-state index is 12.2. The van der Waals surface area contributed by atoms with Crippen molar-refractivity contribution in [3.05, 3.63) is 29.3 Å². The first kappa shape index (κ1) is 12.6. The Bertz CT molecular complexity index is 492. The van der Waals surface area contributed by atoms with Crippen LogP contribution in [0, 0.1) is 0 Å². The molecule has 1 saturated heterocycles. The number of anilines is 1. The van der Waals surface area contributed by atoms with Crippen molar-refractivity contribution in [2.45, 2.75) is 38.4 Å². The predicted octanol–water partition coefficient (Wildman–Crippen LogP) is 2.57. The molecule has 0 aromatic heterocycles. The largest absolute Gasteiger partial charge is 0.338 e. The minimum absolute atomic E-state index is 0.199. The van der Waals surface area contributed by atoms with Gasteiger partial charge in [0, 0.05) is 5.56 Å². The zero-order chi connectivity index (χ0) is 13.3. The molecule has 3 rings (SSSR count). The molecule has 2 aliphatic heterocycles. The summed E-state index contributed by atoms with van der Waals surface area (Å²) in [6.45, 7) is 3.30. The fraction of sp³-hybridized carbons (Fsp3) is 0.533. The van der Waals surface area contributed by atoms with Crippen molar-refractivity contribution in [3.63, 3.8) is 0 Å². The van der Waals surface area contributed by atoms with Crippen LogP contribution in [-0.2, 0) is 26.5 Å². The monoisotopic (exact) mass is 261 g/mol. The van der Waals surface area contributed by atoms with E-state index < -0.39 is 5.79 Å². The summed E-state index contributed by atoms with van der Waals surface area (Å²) in [7, 11) is 0. The average Bonchev–Trinajstić information content (AvgIpc) is 2.70. The fourth-order valence-electron chi connectivity index (χ4n) is 2.66. The molecule has 0 radical (unpaired) electrons. The zero-order valence-electron chi connectivity index (χ0n) is 11.2. The lowest BCUT2D eigenvalue weighted by Crippen LogP contribution is -2.43. The van der Waals surface area contributed by atoms with Crippen LogP contribution in [0.1, 0.15) is 37.3 Å². The Balaban J connectivity index is 1.96. The van der Waals surface area contributed by atoms with Crippen molar-refractivity contribution in [1.29, 1.82) is 0 Å². The van der Waals surface area contributed by atoms with Gasteiger partial charge < -0.3 is 14.8 Å². The van der Waals surface area contributed by atoms with Gasteiger partial charge in [0.05, 0.1) is 18.9 Å². The molecule has 1 amide bonds. The minimum Gasteiger partial charge on any atom is -0.338 e. The van der Waals surface area contributed by atoms with Gasteiger partial charge in [-0.1, -0.05) is 19.4 Å². The summed E-state index contributed by atoms with van der Waals surface area (Å²) >= 11 is 0. The lowest BCUT2D eigenvalue weighted by molar-refractivity contribution is -0.255. The highest BCUT2D eigenvalue weighted by atomic mass is 16.7. The Labute approximate surface area is 113 Å². The molecule has 2 heterocycles. The van der Waals surface area contributed by atoms with Crippen LogP contribution in [0.4, 0.5) is 5.69 Å². The molecule has 0 atom stereocenters. The first-order chi connectivity index (χ1) is 9.26. The predicted molar refractivity (Wildman–Crippen MR) is 71.9 cm³/mol. The molecule has 1 spiro atoms. The molecule has 0 bridgehead atoms. The number of nitrogens with one attached hydrogen (secondary N) is 1. The summed E-state index contributed by atoms with van der Waals surface area (Å²) in [4.78, 5) is 12.2. The number of hydrogen-bond donors (Lipinski definition) is 1. The number of fused-ring (bicyclic) bond motifs is 2. The van der Waals surface area contributed by atoms with Crippen LogP contribution in [0.5, 0.6) is 0 Å². The van der Waals surface area contributed by atoms with Gasteiger partial charge in [-0.2, -0.15) is 0 Å². The highest BCUT2D eigenvalue weighted by Gasteiger charge is 2.51. The number of hydrogen-bond acceptors (Lipinski definition) is 3. The summed E-state index contributed by atoms with van der Waals surface area (Å²) in [6, 6.07) is 6.07. The second-order valence-electron chi connectivity index (χ2n) is 5.10. The van der Waals surface area contributed by atoms with E-state index in [0.29, 0.717) is 13.2 Å². The van der Waals surface area contributed by atoms with Crippen molar-refractivity contribution < 1.29 is 14.3 Å². The smallest absolute Gasteiger partial charge is 0.289 e. The van der Waals surface area contributed by atoms with Gasteiger partial charge >= 0.3 is 0 Å². The molecule has 0 saturated carbocycles. The van der Waals surface area contributed by atoms with Gasteiger partial charge in [0.15, 0.2) is 0 Å². The van der Waals surface area contributed by atoms with E-state index in [9.17, 15) is 4.79 Å². The van der Waals surface area contributed by atoms with Crippen molar-refractivity contribution in [2.24, 2.45) is 0 Å². The van der Waals surface area contributed by atoms with Crippen LogP contribution in [0.25, 0.3) is 0 Å². The molecule has 2 aliphatic rings. The van der Waals surface area contributed by atoms with E-state index in [1.807, 2.05) is 12.1 Å². The average molecular weight is 261 g/mol. The van der Waals surface area contributed by atoms with E-state index in [2.05, 4.69) is 18.3 Å². The van der Waals surface area contributed by atoms with Gasteiger partial charge in [0.1, 0.15) is 0 Å². The third kappa shape index (κ3) is 2.05. The molecular formula is C15H19NO3. The molecule has 4 heteroatoms. The topological polar surface area (TPSA) is 47.6 Å². The molecule has 0 aliphatic carbocycles. The molecule has 102 valence electrons. The lowest BCUT2D eigenvalue weighted by Gasteiger charge is -2.31. The number of amides is 1. The Hall–Kier alpha value is -1.39. The maximum absolute atomic E-state index is 12.2. The van der Waals surface area contributed by atoms with E-state index in [1.54, 1.807) is 0 Å². The maximum Gasteiger partial charge on any atom is 0.289 e. The van der Waals surface area contributed by atoms with Crippen molar-refractivity contribution in [2.75, 3.05) is 18.5 Å². The van der Waals surface area contributed by atoms with Crippen molar-refractivity contribution in [3.8, 4) is 0 Å². The second kappa shape index (κ2) is 4.94. The van der Waals surface area contributed by atoms with E-state index in [-0.39, 0.29) is 5.91 Å². The third-order valence-corrected chi connectivity index (χ3v) is 3.70. The third-order valence-electron chi connectivity index (χ3n) is 3.70. The Morgan fingerprint density at radius 1 is 1.32 bits per heavy atom. The van der Waals surface area contributed by atoms with Crippen LogP contribution in [0.15, 0.2) is 18.2 Å². The lowest BCUT2D eigenvalue weighted by atomic mass is 10.00. The van der Waals surface area contributed by atoms with Gasteiger partial charge in [-0.3, -0.25) is 4.79 Å². The molecule has 19 heavy (non-hydrogen) atoms. The number of benzene rings is 1. The number of carbonyl (C=O) groups is 1. The first-order valence-electron chi connectivity index (χ1n) is 6.99. The molecule has 4 nitrogen and oxygen atoms in total. The zero-order valence-corrected chi connectivity index (χ0v) is 11.2. The van der Waals surface area contributed by atoms with Crippen LogP contribution >= 0.6 is 0 Å². The standard InChI is InChI=1S/C15H19NO3/c1-2-3-5-11-6-7-13-12(10-11)15(14(17)16-13)18-8-4-9-19-15/h6-7,10H,2-5,8-9H2,1H3,(H,16,17). The second-order valence-corrected chi connectivity index (χ2v) is 5.10. The highest BCUT2D eigenvalue weighted by molar-refractivity contribution is 6.04. The van der Waals surface area contributed by atoms with Crippen LogP contribution < -0.4 is 5.32 Å². The molecule has 1 aromatic rings. The van der Waals surface area contributed by atoms with E-state index >= 15 is 0 Å². The Morgan fingerprint density at radius 3 is 2.84 bits per heavy atom. The van der Waals surface area contributed by atoms with Crippen molar-refractivity contribution >= 4 is 11.6 Å². The molecule has 1 N–H and O–H groups in total. The quantitative estimate of drug-likeness (QED) is 0.909. The van der Waals surface area contributed by atoms with Crippen LogP contribution in [-0.4, -0.2) is 19.1 Å². The number of rotatable bonds is 3. The SMILES string of the molecule is CCCCc1ccc2c(c1)C1(OCCCO1)C(=O)N2. The summed E-state index contributed by atoms with van der Waals surface area (Å²) in [6.07, 6.45) is 4.16. The summed E-state index contributed by atoms with van der Waals surface area (Å²) < 4.78 is 11.4.